The summed E-state index contributed by atoms with van der Waals surface area (Å²) in [6, 6.07) is 1.09. The van der Waals surface area contributed by atoms with Crippen molar-refractivity contribution in [2.24, 2.45) is 0 Å². The summed E-state index contributed by atoms with van der Waals surface area (Å²) >= 11 is 0. The van der Waals surface area contributed by atoms with Crippen molar-refractivity contribution in [2.75, 3.05) is 19.8 Å². The SMILES string of the molecule is CCOC(CC[Si](C)(C)OCC)OCC. The second kappa shape index (κ2) is 8.27. The van der Waals surface area contributed by atoms with E-state index in [-0.39, 0.29) is 6.29 Å². The number of rotatable bonds is 9. The van der Waals surface area contributed by atoms with Crippen LogP contribution in [-0.2, 0) is 13.9 Å². The summed E-state index contributed by atoms with van der Waals surface area (Å²) < 4.78 is 16.8. The third-order valence-corrected chi connectivity index (χ3v) is 4.79. The van der Waals surface area contributed by atoms with Gasteiger partial charge in [-0.1, -0.05) is 0 Å². The van der Waals surface area contributed by atoms with E-state index in [2.05, 4.69) is 20.0 Å². The highest BCUT2D eigenvalue weighted by Gasteiger charge is 2.23. The zero-order valence-electron chi connectivity index (χ0n) is 10.8. The van der Waals surface area contributed by atoms with Gasteiger partial charge >= 0.3 is 0 Å². The zero-order valence-corrected chi connectivity index (χ0v) is 11.8. The van der Waals surface area contributed by atoms with Gasteiger partial charge in [0.15, 0.2) is 14.6 Å². The Labute approximate surface area is 95.2 Å². The Morgan fingerprint density at radius 1 is 0.933 bits per heavy atom. The van der Waals surface area contributed by atoms with E-state index >= 15 is 0 Å². The molecule has 0 aliphatic rings. The van der Waals surface area contributed by atoms with Crippen molar-refractivity contribution < 1.29 is 13.9 Å². The first-order valence-electron chi connectivity index (χ1n) is 5.92. The fourth-order valence-corrected chi connectivity index (χ4v) is 3.37. The van der Waals surface area contributed by atoms with Gasteiger partial charge in [0.1, 0.15) is 0 Å². The van der Waals surface area contributed by atoms with Gasteiger partial charge in [0.2, 0.25) is 0 Å². The molecule has 0 atom stereocenters. The molecule has 0 aromatic carbocycles. The molecule has 0 fully saturated rings. The van der Waals surface area contributed by atoms with Gasteiger partial charge in [0, 0.05) is 19.8 Å². The summed E-state index contributed by atoms with van der Waals surface area (Å²) in [6.07, 6.45) is 0.896. The molecule has 0 aliphatic heterocycles. The van der Waals surface area contributed by atoms with Gasteiger partial charge in [-0.05, 0) is 46.3 Å². The Kier molecular flexibility index (Phi) is 8.33. The van der Waals surface area contributed by atoms with Gasteiger partial charge in [0.25, 0.3) is 0 Å². The standard InChI is InChI=1S/C11H26O3Si/c1-6-12-11(13-7-2)9-10-15(4,5)14-8-3/h11H,6-10H2,1-5H3. The van der Waals surface area contributed by atoms with Crippen LogP contribution in [0.4, 0.5) is 0 Å². The van der Waals surface area contributed by atoms with Crippen molar-refractivity contribution in [2.45, 2.75) is 52.6 Å². The summed E-state index contributed by atoms with van der Waals surface area (Å²) in [6.45, 7) is 12.8. The Morgan fingerprint density at radius 3 is 1.87 bits per heavy atom. The second-order valence-electron chi connectivity index (χ2n) is 4.07. The molecule has 0 amide bonds. The van der Waals surface area contributed by atoms with Crippen molar-refractivity contribution in [1.29, 1.82) is 0 Å². The minimum atomic E-state index is -1.48. The lowest BCUT2D eigenvalue weighted by molar-refractivity contribution is -0.137. The molecule has 0 bridgehead atoms. The molecular weight excluding hydrogens is 208 g/mol. The maximum Gasteiger partial charge on any atom is 0.186 e. The lowest BCUT2D eigenvalue weighted by Gasteiger charge is -2.24. The minimum absolute atomic E-state index is 0.0489. The number of ether oxygens (including phenoxy) is 2. The molecule has 3 nitrogen and oxygen atoms in total. The minimum Gasteiger partial charge on any atom is -0.418 e. The van der Waals surface area contributed by atoms with E-state index in [1.54, 1.807) is 0 Å². The first kappa shape index (κ1) is 15.1. The first-order chi connectivity index (χ1) is 7.05. The average Bonchev–Trinajstić information content (AvgIpc) is 2.15. The van der Waals surface area contributed by atoms with Crippen LogP contribution in [0.5, 0.6) is 0 Å². The Balaban J connectivity index is 3.85. The number of hydrogen-bond donors (Lipinski definition) is 0. The molecule has 0 saturated heterocycles. The second-order valence-corrected chi connectivity index (χ2v) is 8.38. The third kappa shape index (κ3) is 7.96. The van der Waals surface area contributed by atoms with Gasteiger partial charge in [-0.25, -0.2) is 0 Å². The molecule has 0 unspecified atom stereocenters. The quantitative estimate of drug-likeness (QED) is 0.453. The molecular formula is C11H26O3Si. The molecule has 0 aliphatic carbocycles. The Morgan fingerprint density at radius 2 is 1.47 bits per heavy atom. The summed E-state index contributed by atoms with van der Waals surface area (Å²) in [7, 11) is -1.48. The molecule has 0 spiro atoms. The fraction of sp³-hybridized carbons (Fsp3) is 1.00. The lowest BCUT2D eigenvalue weighted by atomic mass is 10.4. The van der Waals surface area contributed by atoms with Gasteiger partial charge in [-0.2, -0.15) is 0 Å². The maximum absolute atomic E-state index is 5.76. The van der Waals surface area contributed by atoms with Gasteiger partial charge in [-0.3, -0.25) is 0 Å². The van der Waals surface area contributed by atoms with Crippen LogP contribution >= 0.6 is 0 Å². The maximum atomic E-state index is 5.76. The highest BCUT2D eigenvalue weighted by atomic mass is 28.4. The third-order valence-electron chi connectivity index (χ3n) is 2.22. The smallest absolute Gasteiger partial charge is 0.186 e. The molecule has 0 radical (unpaired) electrons. The van der Waals surface area contributed by atoms with Crippen LogP contribution in [0.15, 0.2) is 0 Å². The molecule has 0 rings (SSSR count). The summed E-state index contributed by atoms with van der Waals surface area (Å²) in [5.74, 6) is 0. The van der Waals surface area contributed by atoms with Crippen molar-refractivity contribution in [3.8, 4) is 0 Å². The van der Waals surface area contributed by atoms with Crippen molar-refractivity contribution in [1.82, 2.24) is 0 Å². The summed E-state index contributed by atoms with van der Waals surface area (Å²) in [5.41, 5.74) is 0. The first-order valence-corrected chi connectivity index (χ1v) is 9.04. The van der Waals surface area contributed by atoms with E-state index in [1.807, 2.05) is 13.8 Å². The van der Waals surface area contributed by atoms with Crippen molar-refractivity contribution in [3.05, 3.63) is 0 Å². The summed E-state index contributed by atoms with van der Waals surface area (Å²) in [4.78, 5) is 0. The monoisotopic (exact) mass is 234 g/mol. The van der Waals surface area contributed by atoms with E-state index in [1.165, 1.54) is 0 Å². The zero-order chi connectivity index (χ0) is 11.7. The van der Waals surface area contributed by atoms with Crippen LogP contribution in [0.25, 0.3) is 0 Å². The molecule has 4 heteroatoms. The number of hydrogen-bond acceptors (Lipinski definition) is 3. The predicted octanol–water partition coefficient (Wildman–Crippen LogP) is 3.02. The van der Waals surface area contributed by atoms with E-state index in [4.69, 9.17) is 13.9 Å². The van der Waals surface area contributed by atoms with Crippen LogP contribution in [0.1, 0.15) is 27.2 Å². The highest BCUT2D eigenvalue weighted by Crippen LogP contribution is 2.17. The molecule has 0 saturated carbocycles. The van der Waals surface area contributed by atoms with Crippen LogP contribution in [0, 0.1) is 0 Å². The van der Waals surface area contributed by atoms with E-state index in [9.17, 15) is 0 Å². The van der Waals surface area contributed by atoms with Crippen LogP contribution < -0.4 is 0 Å². The van der Waals surface area contributed by atoms with E-state index in [0.29, 0.717) is 13.2 Å². The topological polar surface area (TPSA) is 27.7 Å². The molecule has 0 aromatic rings. The Bertz CT molecular complexity index is 145. The van der Waals surface area contributed by atoms with Gasteiger partial charge < -0.3 is 13.9 Å². The predicted molar refractivity (Wildman–Crippen MR) is 65.6 cm³/mol. The molecule has 0 aromatic heterocycles. The molecule has 15 heavy (non-hydrogen) atoms. The van der Waals surface area contributed by atoms with E-state index in [0.717, 1.165) is 19.1 Å². The highest BCUT2D eigenvalue weighted by molar-refractivity contribution is 6.71. The molecule has 92 valence electrons. The Hall–Kier alpha value is 0.0969. The fourth-order valence-electron chi connectivity index (χ4n) is 1.51. The molecule has 0 heterocycles. The van der Waals surface area contributed by atoms with E-state index < -0.39 is 8.32 Å². The lowest BCUT2D eigenvalue weighted by Crippen LogP contribution is -2.32. The van der Waals surface area contributed by atoms with Crippen LogP contribution in [0.2, 0.25) is 19.1 Å². The summed E-state index contributed by atoms with van der Waals surface area (Å²) in [5, 5.41) is 0. The van der Waals surface area contributed by atoms with Crippen LogP contribution in [0.3, 0.4) is 0 Å². The van der Waals surface area contributed by atoms with Gasteiger partial charge in [-0.15, -0.1) is 0 Å². The average molecular weight is 234 g/mol. The normalized spacial score (nSPS) is 12.4. The van der Waals surface area contributed by atoms with Crippen molar-refractivity contribution in [3.63, 3.8) is 0 Å². The van der Waals surface area contributed by atoms with Crippen molar-refractivity contribution >= 4 is 8.32 Å². The van der Waals surface area contributed by atoms with Gasteiger partial charge in [0.05, 0.1) is 0 Å². The largest absolute Gasteiger partial charge is 0.418 e. The molecule has 0 N–H and O–H groups in total. The van der Waals surface area contributed by atoms with Crippen LogP contribution in [-0.4, -0.2) is 34.4 Å².